The van der Waals surface area contributed by atoms with E-state index in [2.05, 4.69) is 24.1 Å². The van der Waals surface area contributed by atoms with Crippen LogP contribution in [0.25, 0.3) is 0 Å². The summed E-state index contributed by atoms with van der Waals surface area (Å²) in [5.74, 6) is -0.0509. The number of ether oxygens (including phenoxy) is 1. The number of carbonyl (C=O) groups is 1. The van der Waals surface area contributed by atoms with Crippen molar-refractivity contribution in [1.82, 2.24) is 4.90 Å². The summed E-state index contributed by atoms with van der Waals surface area (Å²) in [6.07, 6.45) is 0. The first-order valence-corrected chi connectivity index (χ1v) is 7.32. The second kappa shape index (κ2) is 6.51. The summed E-state index contributed by atoms with van der Waals surface area (Å²) in [4.78, 5) is 14.6. The monoisotopic (exact) mass is 307 g/mol. The first-order valence-electron chi connectivity index (χ1n) is 6.91. The number of thiocarbonyl (C=S) groups is 1. The fourth-order valence-electron chi connectivity index (χ4n) is 2.31. The number of anilines is 1. The van der Waals surface area contributed by atoms with Crippen molar-refractivity contribution in [2.75, 3.05) is 31.6 Å². The van der Waals surface area contributed by atoms with Gasteiger partial charge in [-0.15, -0.1) is 0 Å². The molecule has 2 rings (SSSR count). The van der Waals surface area contributed by atoms with Crippen LogP contribution in [-0.4, -0.2) is 47.6 Å². The Labute approximate surface area is 130 Å². The average molecular weight is 307 g/mol. The molecule has 0 aliphatic carbocycles. The van der Waals surface area contributed by atoms with Crippen LogP contribution >= 0.6 is 12.2 Å². The van der Waals surface area contributed by atoms with Crippen LogP contribution in [0.2, 0.25) is 0 Å². The molecule has 6 heteroatoms. The molecule has 3 N–H and O–H groups in total. The Kier molecular flexibility index (Phi) is 4.92. The summed E-state index contributed by atoms with van der Waals surface area (Å²) in [5, 5.41) is 2.89. The predicted octanol–water partition coefficient (Wildman–Crippen LogP) is 1.37. The minimum absolute atomic E-state index is 0.0509. The van der Waals surface area contributed by atoms with Crippen LogP contribution in [0.15, 0.2) is 24.3 Å². The van der Waals surface area contributed by atoms with E-state index in [1.54, 1.807) is 6.07 Å². The summed E-state index contributed by atoms with van der Waals surface area (Å²) < 4.78 is 5.46. The van der Waals surface area contributed by atoms with Crippen LogP contribution < -0.4 is 11.1 Å². The smallest absolute Gasteiger partial charge is 0.238 e. The highest BCUT2D eigenvalue weighted by molar-refractivity contribution is 7.80. The zero-order valence-corrected chi connectivity index (χ0v) is 13.2. The number of hydrogen-bond donors (Lipinski definition) is 2. The summed E-state index contributed by atoms with van der Waals surface area (Å²) in [6, 6.07) is 7.25. The van der Waals surface area contributed by atoms with Crippen molar-refractivity contribution in [2.24, 2.45) is 5.73 Å². The molecule has 1 fully saturated rings. The SMILES string of the molecule is CC1(C)COCCN1CC(=O)Nc1cccc(C(N)=S)c1. The molecule has 1 amide bonds. The lowest BCUT2D eigenvalue weighted by molar-refractivity contribution is -0.122. The molecule has 21 heavy (non-hydrogen) atoms. The summed E-state index contributed by atoms with van der Waals surface area (Å²) in [7, 11) is 0. The minimum atomic E-state index is -0.129. The van der Waals surface area contributed by atoms with E-state index in [-0.39, 0.29) is 11.4 Å². The third kappa shape index (κ3) is 4.23. The highest BCUT2D eigenvalue weighted by Gasteiger charge is 2.31. The Morgan fingerprint density at radius 1 is 1.52 bits per heavy atom. The third-order valence-electron chi connectivity index (χ3n) is 3.58. The lowest BCUT2D eigenvalue weighted by Gasteiger charge is -2.41. The maximum atomic E-state index is 12.2. The standard InChI is InChI=1S/C15H21N3O2S/c1-15(2)10-20-7-6-18(15)9-13(19)17-12-5-3-4-11(8-12)14(16)21/h3-5,8H,6-7,9-10H2,1-2H3,(H2,16,21)(H,17,19). The molecule has 1 heterocycles. The van der Waals surface area contributed by atoms with Gasteiger partial charge in [-0.3, -0.25) is 9.69 Å². The number of carbonyl (C=O) groups excluding carboxylic acids is 1. The van der Waals surface area contributed by atoms with Gasteiger partial charge < -0.3 is 15.8 Å². The molecule has 0 unspecified atom stereocenters. The van der Waals surface area contributed by atoms with Gasteiger partial charge in [0.1, 0.15) is 4.99 Å². The van der Waals surface area contributed by atoms with Crippen molar-refractivity contribution < 1.29 is 9.53 Å². The molecule has 1 aromatic carbocycles. The largest absolute Gasteiger partial charge is 0.389 e. The van der Waals surface area contributed by atoms with Gasteiger partial charge in [0.05, 0.1) is 19.8 Å². The number of nitrogens with one attached hydrogen (secondary N) is 1. The number of rotatable bonds is 4. The van der Waals surface area contributed by atoms with Crippen molar-refractivity contribution in [2.45, 2.75) is 19.4 Å². The quantitative estimate of drug-likeness (QED) is 0.822. The fraction of sp³-hybridized carbons (Fsp3) is 0.467. The van der Waals surface area contributed by atoms with Crippen LogP contribution in [0.4, 0.5) is 5.69 Å². The first kappa shape index (κ1) is 15.9. The Hall–Kier alpha value is -1.50. The summed E-state index contributed by atoms with van der Waals surface area (Å²) in [6.45, 7) is 6.55. The molecule has 5 nitrogen and oxygen atoms in total. The summed E-state index contributed by atoms with van der Waals surface area (Å²) >= 11 is 4.94. The number of morpholine rings is 1. The highest BCUT2D eigenvalue weighted by Crippen LogP contribution is 2.19. The predicted molar refractivity (Wildman–Crippen MR) is 87.4 cm³/mol. The molecule has 0 spiro atoms. The fourth-order valence-corrected chi connectivity index (χ4v) is 2.43. The van der Waals surface area contributed by atoms with E-state index in [9.17, 15) is 4.79 Å². The van der Waals surface area contributed by atoms with Crippen LogP contribution in [0.3, 0.4) is 0 Å². The average Bonchev–Trinajstić information content (AvgIpc) is 2.41. The molecule has 0 saturated carbocycles. The van der Waals surface area contributed by atoms with Gasteiger partial charge in [0.2, 0.25) is 5.91 Å². The lowest BCUT2D eigenvalue weighted by Crippen LogP contribution is -2.55. The Balaban J connectivity index is 1.98. The topological polar surface area (TPSA) is 67.6 Å². The van der Waals surface area contributed by atoms with Crippen LogP contribution in [0.5, 0.6) is 0 Å². The molecule has 1 aliphatic heterocycles. The molecule has 1 aromatic rings. The number of nitrogens with two attached hydrogens (primary N) is 1. The zero-order chi connectivity index (χ0) is 15.5. The third-order valence-corrected chi connectivity index (χ3v) is 3.82. The van der Waals surface area contributed by atoms with Crippen LogP contribution in [-0.2, 0) is 9.53 Å². The zero-order valence-electron chi connectivity index (χ0n) is 12.4. The normalized spacial score (nSPS) is 18.2. The Bertz CT molecular complexity index is 545. The molecule has 0 bridgehead atoms. The molecule has 114 valence electrons. The molecule has 0 atom stereocenters. The van der Waals surface area contributed by atoms with E-state index >= 15 is 0 Å². The number of nitrogens with zero attached hydrogens (tertiary/aromatic N) is 1. The van der Waals surface area contributed by atoms with Gasteiger partial charge >= 0.3 is 0 Å². The molecule has 0 aromatic heterocycles. The van der Waals surface area contributed by atoms with Gasteiger partial charge in [0.25, 0.3) is 0 Å². The Morgan fingerprint density at radius 3 is 2.95 bits per heavy atom. The maximum Gasteiger partial charge on any atom is 0.238 e. The highest BCUT2D eigenvalue weighted by atomic mass is 32.1. The van der Waals surface area contributed by atoms with E-state index in [0.717, 1.165) is 12.1 Å². The van der Waals surface area contributed by atoms with E-state index in [4.69, 9.17) is 22.7 Å². The molecular weight excluding hydrogens is 286 g/mol. The van der Waals surface area contributed by atoms with E-state index in [1.165, 1.54) is 0 Å². The van der Waals surface area contributed by atoms with Crippen molar-refractivity contribution in [1.29, 1.82) is 0 Å². The van der Waals surface area contributed by atoms with Gasteiger partial charge in [0.15, 0.2) is 0 Å². The molecule has 0 radical (unpaired) electrons. The van der Waals surface area contributed by atoms with Crippen molar-refractivity contribution in [3.63, 3.8) is 0 Å². The molecular formula is C15H21N3O2S. The van der Waals surface area contributed by atoms with Gasteiger partial charge in [-0.2, -0.15) is 0 Å². The van der Waals surface area contributed by atoms with Crippen molar-refractivity contribution >= 4 is 28.8 Å². The van der Waals surface area contributed by atoms with Gasteiger partial charge in [-0.1, -0.05) is 24.4 Å². The van der Waals surface area contributed by atoms with Gasteiger partial charge in [-0.25, -0.2) is 0 Å². The van der Waals surface area contributed by atoms with E-state index < -0.39 is 0 Å². The second-order valence-electron chi connectivity index (χ2n) is 5.78. The van der Waals surface area contributed by atoms with E-state index in [1.807, 2.05) is 18.2 Å². The lowest BCUT2D eigenvalue weighted by atomic mass is 10.0. The van der Waals surface area contributed by atoms with Crippen molar-refractivity contribution in [3.05, 3.63) is 29.8 Å². The number of benzene rings is 1. The molecule has 1 aliphatic rings. The minimum Gasteiger partial charge on any atom is -0.389 e. The summed E-state index contributed by atoms with van der Waals surface area (Å²) in [5.41, 5.74) is 6.92. The van der Waals surface area contributed by atoms with Gasteiger partial charge in [-0.05, 0) is 26.0 Å². The number of amides is 1. The molecule has 1 saturated heterocycles. The Morgan fingerprint density at radius 2 is 2.29 bits per heavy atom. The first-order chi connectivity index (χ1) is 9.88. The number of hydrogen-bond acceptors (Lipinski definition) is 4. The second-order valence-corrected chi connectivity index (χ2v) is 6.22. The van der Waals surface area contributed by atoms with Crippen LogP contribution in [0, 0.1) is 0 Å². The van der Waals surface area contributed by atoms with Gasteiger partial charge in [0, 0.05) is 23.3 Å². The van der Waals surface area contributed by atoms with Crippen LogP contribution in [0.1, 0.15) is 19.4 Å². The van der Waals surface area contributed by atoms with Crippen molar-refractivity contribution in [3.8, 4) is 0 Å². The maximum absolute atomic E-state index is 12.2. The van der Waals surface area contributed by atoms with E-state index in [0.29, 0.717) is 30.4 Å².